The van der Waals surface area contributed by atoms with Gasteiger partial charge in [0.2, 0.25) is 5.91 Å². The molecule has 2 aromatic heterocycles. The van der Waals surface area contributed by atoms with Gasteiger partial charge in [-0.1, -0.05) is 35.5 Å². The van der Waals surface area contributed by atoms with E-state index in [0.717, 1.165) is 17.0 Å². The van der Waals surface area contributed by atoms with Crippen molar-refractivity contribution < 1.29 is 14.3 Å². The van der Waals surface area contributed by atoms with Gasteiger partial charge in [0.05, 0.1) is 36.4 Å². The Morgan fingerprint density at radius 3 is 2.50 bits per heavy atom. The van der Waals surface area contributed by atoms with Crippen LogP contribution in [0, 0.1) is 0 Å². The van der Waals surface area contributed by atoms with Gasteiger partial charge in [0.15, 0.2) is 16.1 Å². The maximum atomic E-state index is 12.9. The number of amides is 1. The summed E-state index contributed by atoms with van der Waals surface area (Å²) in [6, 6.07) is 18.5. The molecular weight excluding hydrogens is 474 g/mol. The first-order valence-electron chi connectivity index (χ1n) is 10.3. The Morgan fingerprint density at radius 1 is 1.03 bits per heavy atom. The molecule has 0 saturated heterocycles. The van der Waals surface area contributed by atoms with E-state index in [2.05, 4.69) is 20.5 Å². The number of methoxy groups -OCH3 is 2. The highest BCUT2D eigenvalue weighted by molar-refractivity contribution is 8.00. The lowest BCUT2D eigenvalue weighted by molar-refractivity contribution is -0.115. The van der Waals surface area contributed by atoms with Gasteiger partial charge in [0.1, 0.15) is 11.5 Å². The van der Waals surface area contributed by atoms with Crippen LogP contribution in [0.25, 0.3) is 17.1 Å². The predicted octanol–water partition coefficient (Wildman–Crippen LogP) is 5.12. The average Bonchev–Trinajstić information content (AvgIpc) is 3.28. The lowest BCUT2D eigenvalue weighted by Crippen LogP contribution is -2.23. The Kier molecular flexibility index (Phi) is 7.34. The van der Waals surface area contributed by atoms with Crippen molar-refractivity contribution in [2.24, 2.45) is 0 Å². The number of carbonyl (C=O) groups excluding carboxylic acids is 1. The Balaban J connectivity index is 1.70. The molecule has 2 heterocycles. The van der Waals surface area contributed by atoms with Crippen molar-refractivity contribution in [2.45, 2.75) is 17.3 Å². The van der Waals surface area contributed by atoms with Crippen molar-refractivity contribution in [2.75, 3.05) is 19.5 Å². The normalized spacial score (nSPS) is 11.6. The number of para-hydroxylation sites is 1. The Labute approximate surface area is 206 Å². The third-order valence-electron chi connectivity index (χ3n) is 4.98. The van der Waals surface area contributed by atoms with Gasteiger partial charge in [0, 0.05) is 6.20 Å². The van der Waals surface area contributed by atoms with Gasteiger partial charge >= 0.3 is 0 Å². The zero-order valence-electron chi connectivity index (χ0n) is 18.7. The lowest BCUT2D eigenvalue weighted by Gasteiger charge is -2.15. The van der Waals surface area contributed by atoms with Crippen molar-refractivity contribution in [3.63, 3.8) is 0 Å². The molecule has 4 rings (SSSR count). The molecular formula is C24H22ClN5O3S. The van der Waals surface area contributed by atoms with Crippen LogP contribution in [0.15, 0.2) is 72.0 Å². The number of nitrogens with one attached hydrogen (secondary N) is 1. The number of thioether (sulfide) groups is 1. The molecule has 174 valence electrons. The van der Waals surface area contributed by atoms with Crippen LogP contribution < -0.4 is 14.8 Å². The van der Waals surface area contributed by atoms with Crippen molar-refractivity contribution >= 4 is 35.0 Å². The van der Waals surface area contributed by atoms with Gasteiger partial charge in [0.25, 0.3) is 0 Å². The number of carbonyl (C=O) groups is 1. The number of nitrogens with zero attached hydrogens (tertiary/aromatic N) is 4. The quantitative estimate of drug-likeness (QED) is 0.268. The molecule has 0 aliphatic heterocycles. The number of anilines is 1. The van der Waals surface area contributed by atoms with Crippen molar-refractivity contribution in [1.82, 2.24) is 19.7 Å². The van der Waals surface area contributed by atoms with E-state index in [1.54, 1.807) is 39.5 Å². The van der Waals surface area contributed by atoms with Gasteiger partial charge in [-0.05, 0) is 55.5 Å². The standard InChI is InChI=1S/C24H22ClN5O3S/c1-15(23(31)27-19-8-6-14-26-21(19)25)34-24-29-28-22(18-7-4-5-9-20(18)33-3)30(24)16-10-12-17(32-2)13-11-16/h4-15H,1-3H3,(H,27,31). The Morgan fingerprint density at radius 2 is 1.79 bits per heavy atom. The minimum Gasteiger partial charge on any atom is -0.497 e. The van der Waals surface area contributed by atoms with E-state index in [-0.39, 0.29) is 11.1 Å². The second kappa shape index (κ2) is 10.6. The van der Waals surface area contributed by atoms with Crippen LogP contribution in [0.3, 0.4) is 0 Å². The van der Waals surface area contributed by atoms with Crippen molar-refractivity contribution in [3.05, 3.63) is 72.0 Å². The van der Waals surface area contributed by atoms with Crippen LogP contribution in [0.1, 0.15) is 6.92 Å². The number of benzene rings is 2. The molecule has 0 aliphatic rings. The summed E-state index contributed by atoms with van der Waals surface area (Å²) in [7, 11) is 3.22. The van der Waals surface area contributed by atoms with Gasteiger partial charge < -0.3 is 14.8 Å². The molecule has 1 N–H and O–H groups in total. The zero-order chi connectivity index (χ0) is 24.1. The fourth-order valence-electron chi connectivity index (χ4n) is 3.24. The Bertz CT molecular complexity index is 1300. The monoisotopic (exact) mass is 495 g/mol. The van der Waals surface area contributed by atoms with E-state index in [4.69, 9.17) is 21.1 Å². The van der Waals surface area contributed by atoms with E-state index >= 15 is 0 Å². The molecule has 0 radical (unpaired) electrons. The maximum absolute atomic E-state index is 12.9. The fraction of sp³-hybridized carbons (Fsp3) is 0.167. The largest absolute Gasteiger partial charge is 0.497 e. The smallest absolute Gasteiger partial charge is 0.237 e. The number of rotatable bonds is 8. The minimum atomic E-state index is -0.497. The molecule has 4 aromatic rings. The van der Waals surface area contributed by atoms with Gasteiger partial charge in [-0.25, -0.2) is 4.98 Å². The van der Waals surface area contributed by atoms with Gasteiger partial charge in [-0.15, -0.1) is 10.2 Å². The van der Waals surface area contributed by atoms with Crippen LogP contribution >= 0.6 is 23.4 Å². The molecule has 0 aliphatic carbocycles. The summed E-state index contributed by atoms with van der Waals surface area (Å²) in [6.07, 6.45) is 1.56. The summed E-state index contributed by atoms with van der Waals surface area (Å²) in [6.45, 7) is 1.79. The van der Waals surface area contributed by atoms with Crippen LogP contribution in [0.5, 0.6) is 11.5 Å². The molecule has 1 amide bonds. The molecule has 1 unspecified atom stereocenters. The van der Waals surface area contributed by atoms with Crippen molar-refractivity contribution in [3.8, 4) is 28.6 Å². The summed E-state index contributed by atoms with van der Waals surface area (Å²) in [4.78, 5) is 16.9. The maximum Gasteiger partial charge on any atom is 0.237 e. The van der Waals surface area contributed by atoms with Gasteiger partial charge in [-0.3, -0.25) is 9.36 Å². The summed E-state index contributed by atoms with van der Waals surface area (Å²) < 4.78 is 12.7. The molecule has 0 spiro atoms. The molecule has 0 saturated carbocycles. The van der Waals surface area contributed by atoms with Gasteiger partial charge in [-0.2, -0.15) is 0 Å². The molecule has 1 atom stereocenters. The second-order valence-corrected chi connectivity index (χ2v) is 8.80. The first-order valence-corrected chi connectivity index (χ1v) is 11.6. The van der Waals surface area contributed by atoms with Crippen LogP contribution in [-0.2, 0) is 4.79 Å². The van der Waals surface area contributed by atoms with E-state index in [1.807, 2.05) is 53.1 Å². The zero-order valence-corrected chi connectivity index (χ0v) is 20.3. The summed E-state index contributed by atoms with van der Waals surface area (Å²) in [5.74, 6) is 1.75. The predicted molar refractivity (Wildman–Crippen MR) is 133 cm³/mol. The number of aromatic nitrogens is 4. The highest BCUT2D eigenvalue weighted by atomic mass is 35.5. The number of pyridine rings is 1. The topological polar surface area (TPSA) is 91.2 Å². The van der Waals surface area contributed by atoms with E-state index < -0.39 is 5.25 Å². The first-order chi connectivity index (χ1) is 16.5. The molecule has 2 aromatic carbocycles. The average molecular weight is 496 g/mol. The highest BCUT2D eigenvalue weighted by Gasteiger charge is 2.23. The SMILES string of the molecule is COc1ccc(-n2c(SC(C)C(=O)Nc3cccnc3Cl)nnc2-c2ccccc2OC)cc1. The minimum absolute atomic E-state index is 0.230. The second-order valence-electron chi connectivity index (χ2n) is 7.13. The Hall–Kier alpha value is -3.56. The van der Waals surface area contributed by atoms with Crippen LogP contribution in [0.2, 0.25) is 5.15 Å². The van der Waals surface area contributed by atoms with E-state index in [9.17, 15) is 4.79 Å². The van der Waals surface area contributed by atoms with Crippen molar-refractivity contribution in [1.29, 1.82) is 0 Å². The summed E-state index contributed by atoms with van der Waals surface area (Å²) >= 11 is 7.36. The molecule has 0 fully saturated rings. The third kappa shape index (κ3) is 5.00. The van der Waals surface area contributed by atoms with Crippen LogP contribution in [-0.4, -0.2) is 45.1 Å². The van der Waals surface area contributed by atoms with E-state index in [0.29, 0.717) is 22.4 Å². The number of ether oxygens (including phenoxy) is 2. The molecule has 10 heteroatoms. The summed E-state index contributed by atoms with van der Waals surface area (Å²) in [5.41, 5.74) is 2.05. The fourth-order valence-corrected chi connectivity index (χ4v) is 4.27. The molecule has 8 nitrogen and oxygen atoms in total. The summed E-state index contributed by atoms with van der Waals surface area (Å²) in [5, 5.41) is 11.9. The number of hydrogen-bond donors (Lipinski definition) is 1. The number of halogens is 1. The third-order valence-corrected chi connectivity index (χ3v) is 6.32. The van der Waals surface area contributed by atoms with E-state index in [1.165, 1.54) is 11.8 Å². The molecule has 34 heavy (non-hydrogen) atoms. The highest BCUT2D eigenvalue weighted by Crippen LogP contribution is 2.35. The lowest BCUT2D eigenvalue weighted by atomic mass is 10.2. The van der Waals surface area contributed by atoms with Crippen LogP contribution in [0.4, 0.5) is 5.69 Å². The molecule has 0 bridgehead atoms. The first kappa shape index (κ1) is 23.6. The number of hydrogen-bond acceptors (Lipinski definition) is 7.